The van der Waals surface area contributed by atoms with Gasteiger partial charge in [0.25, 0.3) is 5.91 Å². The van der Waals surface area contributed by atoms with Crippen LogP contribution in [0.2, 0.25) is 0 Å². The highest BCUT2D eigenvalue weighted by atomic mass is 32.2. The number of aryl methyl sites for hydroxylation is 2. The first-order valence-electron chi connectivity index (χ1n) is 7.48. The molecule has 0 atom stereocenters. The van der Waals surface area contributed by atoms with E-state index in [0.717, 1.165) is 28.5 Å². The molecule has 1 aromatic rings. The summed E-state index contributed by atoms with van der Waals surface area (Å²) >= 11 is 1.46. The normalized spacial score (nSPS) is 23.2. The molecule has 1 amide bonds. The molecular weight excluding hydrogens is 280 g/mol. The molecule has 1 aliphatic carbocycles. The Balaban J connectivity index is 1.77. The lowest BCUT2D eigenvalue weighted by atomic mass is 10.1. The smallest absolute Gasteiger partial charge is 0.264 e. The average molecular weight is 300 g/mol. The number of amides is 1. The largest absolute Gasteiger partial charge is 0.301 e. The van der Waals surface area contributed by atoms with Crippen molar-refractivity contribution in [2.75, 3.05) is 0 Å². The molecule has 1 N–H and O–H groups in total. The van der Waals surface area contributed by atoms with E-state index in [0.29, 0.717) is 6.04 Å². The average Bonchev–Trinajstić information content (AvgIpc) is 3.05. The van der Waals surface area contributed by atoms with Gasteiger partial charge in [-0.1, -0.05) is 31.0 Å². The second-order valence-corrected chi connectivity index (χ2v) is 6.81. The zero-order valence-corrected chi connectivity index (χ0v) is 13.3. The fourth-order valence-corrected chi connectivity index (χ4v) is 3.59. The van der Waals surface area contributed by atoms with E-state index in [1.54, 1.807) is 0 Å². The molecular formula is C17H20N2OS. The van der Waals surface area contributed by atoms with Gasteiger partial charge in [-0.15, -0.1) is 0 Å². The Kier molecular flexibility index (Phi) is 4.15. The lowest BCUT2D eigenvalue weighted by molar-refractivity contribution is -0.115. The van der Waals surface area contributed by atoms with Gasteiger partial charge in [0, 0.05) is 0 Å². The van der Waals surface area contributed by atoms with Crippen LogP contribution in [0.25, 0.3) is 6.08 Å². The number of carbonyl (C=O) groups excluding carboxylic acids is 1. The number of nitrogens with one attached hydrogen (secondary N) is 1. The Morgan fingerprint density at radius 1 is 1.24 bits per heavy atom. The Labute approximate surface area is 129 Å². The van der Waals surface area contributed by atoms with E-state index >= 15 is 0 Å². The van der Waals surface area contributed by atoms with E-state index < -0.39 is 0 Å². The molecule has 1 saturated carbocycles. The van der Waals surface area contributed by atoms with Crippen molar-refractivity contribution in [3.05, 3.63) is 39.8 Å². The van der Waals surface area contributed by atoms with Crippen molar-refractivity contribution in [2.45, 2.75) is 45.6 Å². The van der Waals surface area contributed by atoms with Gasteiger partial charge in [-0.25, -0.2) is 0 Å². The van der Waals surface area contributed by atoms with Gasteiger partial charge in [0.1, 0.15) is 0 Å². The number of thioether (sulfide) groups is 1. The first-order valence-corrected chi connectivity index (χ1v) is 8.29. The van der Waals surface area contributed by atoms with Crippen molar-refractivity contribution >= 4 is 28.9 Å². The van der Waals surface area contributed by atoms with E-state index in [2.05, 4.69) is 42.4 Å². The third-order valence-corrected chi connectivity index (χ3v) is 5.03. The van der Waals surface area contributed by atoms with Crippen LogP contribution in [0.15, 0.2) is 28.1 Å². The van der Waals surface area contributed by atoms with Crippen LogP contribution in [0.4, 0.5) is 0 Å². The second kappa shape index (κ2) is 6.06. The highest BCUT2D eigenvalue weighted by molar-refractivity contribution is 8.18. The van der Waals surface area contributed by atoms with E-state index in [9.17, 15) is 4.79 Å². The van der Waals surface area contributed by atoms with Crippen LogP contribution in [0, 0.1) is 13.8 Å². The fourth-order valence-electron chi connectivity index (χ4n) is 2.69. The summed E-state index contributed by atoms with van der Waals surface area (Å²) in [5.41, 5.74) is 3.58. The van der Waals surface area contributed by atoms with Crippen LogP contribution >= 0.6 is 11.8 Å². The van der Waals surface area contributed by atoms with Crippen LogP contribution in [0.3, 0.4) is 0 Å². The lowest BCUT2D eigenvalue weighted by Gasteiger charge is -2.02. The summed E-state index contributed by atoms with van der Waals surface area (Å²) in [5, 5.41) is 3.65. The number of aliphatic imine (C=N–C) groups is 1. The molecule has 0 aromatic heterocycles. The van der Waals surface area contributed by atoms with Crippen LogP contribution < -0.4 is 5.32 Å². The molecule has 0 unspecified atom stereocenters. The molecule has 3 rings (SSSR count). The van der Waals surface area contributed by atoms with Crippen molar-refractivity contribution in [2.24, 2.45) is 4.99 Å². The molecule has 4 heteroatoms. The van der Waals surface area contributed by atoms with Crippen LogP contribution in [0.5, 0.6) is 0 Å². The number of nitrogens with zero attached hydrogens (tertiary/aromatic N) is 1. The molecule has 0 radical (unpaired) electrons. The first kappa shape index (κ1) is 14.4. The summed E-state index contributed by atoms with van der Waals surface area (Å²) < 4.78 is 0. The van der Waals surface area contributed by atoms with Crippen molar-refractivity contribution in [1.82, 2.24) is 5.32 Å². The zero-order chi connectivity index (χ0) is 14.8. The predicted molar refractivity (Wildman–Crippen MR) is 89.3 cm³/mol. The van der Waals surface area contributed by atoms with Crippen LogP contribution in [-0.4, -0.2) is 17.1 Å². The topological polar surface area (TPSA) is 41.5 Å². The van der Waals surface area contributed by atoms with Crippen molar-refractivity contribution in [3.63, 3.8) is 0 Å². The minimum atomic E-state index is -0.0324. The summed E-state index contributed by atoms with van der Waals surface area (Å²) in [5.74, 6) is -0.0324. The standard InChI is InChI=1S/C17H20N2OS/c1-11-7-8-13(9-12(11)2)10-15-16(20)19-17(21-15)18-14-5-3-4-6-14/h7-10,14H,3-6H2,1-2H3,(H,18,19,20)/b15-10-. The molecule has 2 fully saturated rings. The SMILES string of the molecule is Cc1ccc(/C=C2\SC(=NC3CCCC3)NC2=O)cc1C. The number of benzene rings is 1. The van der Waals surface area contributed by atoms with E-state index in [1.165, 1.54) is 35.7 Å². The van der Waals surface area contributed by atoms with Crippen LogP contribution in [-0.2, 0) is 4.79 Å². The molecule has 0 bridgehead atoms. The third-order valence-electron chi connectivity index (χ3n) is 4.10. The van der Waals surface area contributed by atoms with Gasteiger partial charge >= 0.3 is 0 Å². The highest BCUT2D eigenvalue weighted by Gasteiger charge is 2.25. The zero-order valence-electron chi connectivity index (χ0n) is 12.5. The molecule has 1 saturated heterocycles. The summed E-state index contributed by atoms with van der Waals surface area (Å²) in [4.78, 5) is 17.4. The summed E-state index contributed by atoms with van der Waals surface area (Å²) in [6.07, 6.45) is 6.76. The number of hydrogen-bond acceptors (Lipinski definition) is 3. The van der Waals surface area contributed by atoms with Gasteiger partial charge < -0.3 is 5.32 Å². The van der Waals surface area contributed by atoms with E-state index in [1.807, 2.05) is 6.08 Å². The maximum atomic E-state index is 12.0. The van der Waals surface area contributed by atoms with Gasteiger partial charge in [0.15, 0.2) is 5.17 Å². The Bertz CT molecular complexity index is 628. The monoisotopic (exact) mass is 300 g/mol. The molecule has 1 aliphatic heterocycles. The maximum absolute atomic E-state index is 12.0. The lowest BCUT2D eigenvalue weighted by Crippen LogP contribution is -2.21. The molecule has 1 aromatic carbocycles. The van der Waals surface area contributed by atoms with Crippen molar-refractivity contribution < 1.29 is 4.79 Å². The number of amidine groups is 1. The van der Waals surface area contributed by atoms with Crippen molar-refractivity contribution in [3.8, 4) is 0 Å². The molecule has 21 heavy (non-hydrogen) atoms. The summed E-state index contributed by atoms with van der Waals surface area (Å²) in [6.45, 7) is 4.18. The Morgan fingerprint density at radius 2 is 2.00 bits per heavy atom. The molecule has 3 nitrogen and oxygen atoms in total. The number of rotatable bonds is 2. The Morgan fingerprint density at radius 3 is 2.71 bits per heavy atom. The third kappa shape index (κ3) is 3.38. The second-order valence-electron chi connectivity index (χ2n) is 5.78. The van der Waals surface area contributed by atoms with Gasteiger partial charge in [-0.2, -0.15) is 0 Å². The number of hydrogen-bond donors (Lipinski definition) is 1. The maximum Gasteiger partial charge on any atom is 0.264 e. The minimum Gasteiger partial charge on any atom is -0.301 e. The summed E-state index contributed by atoms with van der Waals surface area (Å²) in [6, 6.07) is 6.65. The highest BCUT2D eigenvalue weighted by Crippen LogP contribution is 2.29. The molecule has 0 spiro atoms. The van der Waals surface area contributed by atoms with E-state index in [-0.39, 0.29) is 5.91 Å². The Hall–Kier alpha value is -1.55. The molecule has 1 heterocycles. The van der Waals surface area contributed by atoms with Crippen molar-refractivity contribution in [1.29, 1.82) is 0 Å². The number of carbonyl (C=O) groups is 1. The first-order chi connectivity index (χ1) is 10.1. The minimum absolute atomic E-state index is 0.0324. The molecule has 2 aliphatic rings. The van der Waals surface area contributed by atoms with Gasteiger partial charge in [0.2, 0.25) is 0 Å². The molecule has 110 valence electrons. The predicted octanol–water partition coefficient (Wildman–Crippen LogP) is 3.81. The quantitative estimate of drug-likeness (QED) is 0.844. The van der Waals surface area contributed by atoms with Gasteiger partial charge in [0.05, 0.1) is 10.9 Å². The fraction of sp³-hybridized carbons (Fsp3) is 0.412. The summed E-state index contributed by atoms with van der Waals surface area (Å²) in [7, 11) is 0. The van der Waals surface area contributed by atoms with Gasteiger partial charge in [-0.05, 0) is 61.2 Å². The van der Waals surface area contributed by atoms with E-state index in [4.69, 9.17) is 0 Å². The van der Waals surface area contributed by atoms with Crippen LogP contribution in [0.1, 0.15) is 42.4 Å². The van der Waals surface area contributed by atoms with Gasteiger partial charge in [-0.3, -0.25) is 9.79 Å².